The van der Waals surface area contributed by atoms with Gasteiger partial charge in [0.2, 0.25) is 0 Å². The molecule has 0 N–H and O–H groups in total. The molecule has 0 aliphatic heterocycles. The lowest BCUT2D eigenvalue weighted by Gasteiger charge is -2.28. The molecular weight excluding hydrogens is 641 g/mol. The SMILES string of the molecule is Cc1cccc(N(c2ccc(/C=C/c3ccc(N(c4ccccc4)c4ccc5ccccc5c4)cc3)cc2)c2cc3ccccc3c3ccccc23)c1. The highest BCUT2D eigenvalue weighted by molar-refractivity contribution is 6.14. The van der Waals surface area contributed by atoms with E-state index in [0.717, 1.165) is 39.6 Å². The molecule has 9 aromatic rings. The van der Waals surface area contributed by atoms with Crippen molar-refractivity contribution in [1.82, 2.24) is 0 Å². The second-order valence-electron chi connectivity index (χ2n) is 13.6. The van der Waals surface area contributed by atoms with Gasteiger partial charge in [-0.15, -0.1) is 0 Å². The number of nitrogens with zero attached hydrogens (tertiary/aromatic N) is 2. The molecule has 0 bridgehead atoms. The summed E-state index contributed by atoms with van der Waals surface area (Å²) in [7, 11) is 0. The summed E-state index contributed by atoms with van der Waals surface area (Å²) < 4.78 is 0. The number of fused-ring (bicyclic) bond motifs is 4. The van der Waals surface area contributed by atoms with Crippen LogP contribution in [0.15, 0.2) is 200 Å². The third-order valence-electron chi connectivity index (χ3n) is 10.0. The van der Waals surface area contributed by atoms with E-state index in [2.05, 4.69) is 229 Å². The fourth-order valence-electron chi connectivity index (χ4n) is 7.42. The van der Waals surface area contributed by atoms with Gasteiger partial charge in [0.05, 0.1) is 5.69 Å². The van der Waals surface area contributed by atoms with E-state index in [1.807, 2.05) is 0 Å². The van der Waals surface area contributed by atoms with Gasteiger partial charge in [-0.2, -0.15) is 0 Å². The van der Waals surface area contributed by atoms with Crippen LogP contribution in [0, 0.1) is 6.92 Å². The van der Waals surface area contributed by atoms with Crippen LogP contribution >= 0.6 is 0 Å². The molecule has 2 heteroatoms. The molecule has 0 aliphatic carbocycles. The molecule has 0 unspecified atom stereocenters. The summed E-state index contributed by atoms with van der Waals surface area (Å²) in [4.78, 5) is 4.71. The molecule has 0 fully saturated rings. The third-order valence-corrected chi connectivity index (χ3v) is 10.0. The predicted octanol–water partition coefficient (Wildman–Crippen LogP) is 14.6. The van der Waals surface area contributed by atoms with Crippen molar-refractivity contribution >= 4 is 78.6 Å². The van der Waals surface area contributed by atoms with Gasteiger partial charge in [-0.05, 0) is 117 Å². The zero-order chi connectivity index (χ0) is 35.6. The van der Waals surface area contributed by atoms with E-state index in [0.29, 0.717) is 0 Å². The standard InChI is InChI=1S/C51H38N2/c1-37-12-11-18-46(34-37)53(51-36-42-15-7-8-19-48(42)49-20-9-10-21-50(49)51)45-31-26-39(27-32-45)23-22-38-24-29-44(30-25-38)52(43-16-3-2-4-17-43)47-33-28-40-13-5-6-14-41(40)35-47/h2-36H,1H3/b23-22+. The van der Waals surface area contributed by atoms with Crippen LogP contribution < -0.4 is 9.80 Å². The Bertz CT molecular complexity index is 2730. The number of para-hydroxylation sites is 1. The second kappa shape index (κ2) is 14.0. The van der Waals surface area contributed by atoms with Crippen LogP contribution in [0.4, 0.5) is 34.1 Å². The van der Waals surface area contributed by atoms with Crippen molar-refractivity contribution in [1.29, 1.82) is 0 Å². The Morgan fingerprint density at radius 3 is 1.53 bits per heavy atom. The Labute approximate surface area is 311 Å². The quantitative estimate of drug-likeness (QED) is 0.117. The molecule has 0 radical (unpaired) electrons. The van der Waals surface area contributed by atoms with Gasteiger partial charge in [0, 0.05) is 33.8 Å². The highest BCUT2D eigenvalue weighted by Gasteiger charge is 2.17. The summed E-state index contributed by atoms with van der Waals surface area (Å²) in [5.41, 5.74) is 10.3. The summed E-state index contributed by atoms with van der Waals surface area (Å²) in [6, 6.07) is 72.0. The van der Waals surface area contributed by atoms with Crippen LogP contribution in [0.1, 0.15) is 16.7 Å². The van der Waals surface area contributed by atoms with Crippen LogP contribution in [0.3, 0.4) is 0 Å². The first-order chi connectivity index (χ1) is 26.2. The van der Waals surface area contributed by atoms with Gasteiger partial charge in [0.25, 0.3) is 0 Å². The van der Waals surface area contributed by atoms with Crippen molar-refractivity contribution in [3.63, 3.8) is 0 Å². The number of aryl methyl sites for hydroxylation is 1. The van der Waals surface area contributed by atoms with E-state index in [9.17, 15) is 0 Å². The van der Waals surface area contributed by atoms with E-state index in [-0.39, 0.29) is 0 Å². The fraction of sp³-hybridized carbons (Fsp3) is 0.0196. The lowest BCUT2D eigenvalue weighted by Crippen LogP contribution is -2.10. The maximum atomic E-state index is 2.39. The highest BCUT2D eigenvalue weighted by Crippen LogP contribution is 2.42. The number of hydrogen-bond donors (Lipinski definition) is 0. The zero-order valence-corrected chi connectivity index (χ0v) is 29.6. The van der Waals surface area contributed by atoms with Crippen molar-refractivity contribution < 1.29 is 0 Å². The molecular formula is C51H38N2. The summed E-state index contributed by atoms with van der Waals surface area (Å²) in [5.74, 6) is 0. The molecule has 0 saturated heterocycles. The minimum atomic E-state index is 1.12. The largest absolute Gasteiger partial charge is 0.310 e. The smallest absolute Gasteiger partial charge is 0.0546 e. The first-order valence-electron chi connectivity index (χ1n) is 18.2. The van der Waals surface area contributed by atoms with Gasteiger partial charge in [0.1, 0.15) is 0 Å². The Balaban J connectivity index is 1.03. The van der Waals surface area contributed by atoms with Gasteiger partial charge in [-0.1, -0.05) is 146 Å². The number of rotatable bonds is 8. The average molecular weight is 679 g/mol. The Hall–Kier alpha value is -6.90. The molecule has 0 atom stereocenters. The molecule has 252 valence electrons. The number of hydrogen-bond acceptors (Lipinski definition) is 2. The van der Waals surface area contributed by atoms with Crippen LogP contribution in [-0.4, -0.2) is 0 Å². The molecule has 2 nitrogen and oxygen atoms in total. The second-order valence-corrected chi connectivity index (χ2v) is 13.6. The van der Waals surface area contributed by atoms with Crippen LogP contribution in [-0.2, 0) is 0 Å². The van der Waals surface area contributed by atoms with Crippen LogP contribution in [0.25, 0.3) is 44.5 Å². The summed E-state index contributed by atoms with van der Waals surface area (Å²) >= 11 is 0. The van der Waals surface area contributed by atoms with E-state index in [1.165, 1.54) is 43.6 Å². The van der Waals surface area contributed by atoms with E-state index >= 15 is 0 Å². The monoisotopic (exact) mass is 678 g/mol. The molecule has 53 heavy (non-hydrogen) atoms. The first kappa shape index (κ1) is 32.0. The van der Waals surface area contributed by atoms with Crippen LogP contribution in [0.2, 0.25) is 0 Å². The van der Waals surface area contributed by atoms with E-state index < -0.39 is 0 Å². The van der Waals surface area contributed by atoms with E-state index in [1.54, 1.807) is 0 Å². The van der Waals surface area contributed by atoms with Gasteiger partial charge in [-0.25, -0.2) is 0 Å². The molecule has 9 aromatic carbocycles. The van der Waals surface area contributed by atoms with Gasteiger partial charge >= 0.3 is 0 Å². The maximum absolute atomic E-state index is 2.39. The molecule has 0 aliphatic rings. The number of benzene rings is 9. The molecule has 0 spiro atoms. The van der Waals surface area contributed by atoms with E-state index in [4.69, 9.17) is 0 Å². The van der Waals surface area contributed by atoms with Crippen molar-refractivity contribution in [2.75, 3.05) is 9.80 Å². The normalized spacial score (nSPS) is 11.4. The average Bonchev–Trinajstić information content (AvgIpc) is 3.22. The maximum Gasteiger partial charge on any atom is 0.0546 e. The fourth-order valence-corrected chi connectivity index (χ4v) is 7.42. The molecule has 0 heterocycles. The lowest BCUT2D eigenvalue weighted by atomic mass is 9.99. The lowest BCUT2D eigenvalue weighted by molar-refractivity contribution is 1.28. The Kier molecular flexibility index (Phi) is 8.47. The van der Waals surface area contributed by atoms with Crippen LogP contribution in [0.5, 0.6) is 0 Å². The van der Waals surface area contributed by atoms with Crippen molar-refractivity contribution in [3.8, 4) is 0 Å². The van der Waals surface area contributed by atoms with Gasteiger partial charge in [-0.3, -0.25) is 0 Å². The third kappa shape index (κ3) is 6.44. The molecule has 0 saturated carbocycles. The van der Waals surface area contributed by atoms with Crippen molar-refractivity contribution in [2.45, 2.75) is 6.92 Å². The topological polar surface area (TPSA) is 6.48 Å². The number of anilines is 6. The summed E-state index contributed by atoms with van der Waals surface area (Å²) in [6.45, 7) is 2.16. The first-order valence-corrected chi connectivity index (χ1v) is 18.2. The summed E-state index contributed by atoms with van der Waals surface area (Å²) in [6.07, 6.45) is 4.39. The van der Waals surface area contributed by atoms with Crippen molar-refractivity contribution in [3.05, 3.63) is 217 Å². The summed E-state index contributed by atoms with van der Waals surface area (Å²) in [5, 5.41) is 7.45. The van der Waals surface area contributed by atoms with Gasteiger partial charge < -0.3 is 9.80 Å². The van der Waals surface area contributed by atoms with Gasteiger partial charge in [0.15, 0.2) is 0 Å². The predicted molar refractivity (Wildman–Crippen MR) is 228 cm³/mol. The molecule has 0 aromatic heterocycles. The highest BCUT2D eigenvalue weighted by atomic mass is 15.1. The molecule has 0 amide bonds. The Morgan fingerprint density at radius 2 is 0.830 bits per heavy atom. The van der Waals surface area contributed by atoms with Crippen molar-refractivity contribution in [2.24, 2.45) is 0 Å². The Morgan fingerprint density at radius 1 is 0.321 bits per heavy atom. The molecule has 9 rings (SSSR count). The zero-order valence-electron chi connectivity index (χ0n) is 29.6. The minimum absolute atomic E-state index is 1.12. The minimum Gasteiger partial charge on any atom is -0.310 e.